The van der Waals surface area contributed by atoms with Crippen molar-refractivity contribution in [2.75, 3.05) is 0 Å². The quantitative estimate of drug-likeness (QED) is 0.555. The van der Waals surface area contributed by atoms with Crippen LogP contribution in [0.15, 0.2) is 59.1 Å². The predicted molar refractivity (Wildman–Crippen MR) is 102 cm³/mol. The number of benzene rings is 2. The fourth-order valence-electron chi connectivity index (χ4n) is 3.11. The van der Waals surface area contributed by atoms with Crippen LogP contribution in [0, 0.1) is 0 Å². The van der Waals surface area contributed by atoms with E-state index in [2.05, 4.69) is 48.8 Å². The van der Waals surface area contributed by atoms with Crippen molar-refractivity contribution in [3.05, 3.63) is 70.2 Å². The van der Waals surface area contributed by atoms with E-state index in [9.17, 15) is 4.79 Å². The van der Waals surface area contributed by atoms with E-state index in [1.807, 2.05) is 37.3 Å². The molecule has 0 saturated carbocycles. The van der Waals surface area contributed by atoms with Crippen molar-refractivity contribution in [3.8, 4) is 0 Å². The summed E-state index contributed by atoms with van der Waals surface area (Å²) in [5.74, 6) is -0.276. The molecule has 0 amide bonds. The summed E-state index contributed by atoms with van der Waals surface area (Å²) < 4.78 is 7.01. The van der Waals surface area contributed by atoms with E-state index >= 15 is 0 Å². The number of carbonyl (C=O) groups excluding carboxylic acids is 1. The largest absolute Gasteiger partial charge is 0.455 e. The molecule has 2 atom stereocenters. The molecule has 0 spiro atoms. The van der Waals surface area contributed by atoms with Crippen LogP contribution in [0.25, 0.3) is 0 Å². The second-order valence-electron chi connectivity index (χ2n) is 6.53. The van der Waals surface area contributed by atoms with E-state index in [1.165, 1.54) is 5.56 Å². The van der Waals surface area contributed by atoms with Crippen LogP contribution >= 0.6 is 15.9 Å². The van der Waals surface area contributed by atoms with Crippen molar-refractivity contribution in [1.29, 1.82) is 0 Å². The SMILES string of the molecule is CC[C@@](C)(c1ccccc1)[C@](C)(CC)OC(=O)c1ccc(Br)cc1. The van der Waals surface area contributed by atoms with Gasteiger partial charge in [-0.05, 0) is 49.6 Å². The average Bonchev–Trinajstić information content (AvgIpc) is 2.62. The van der Waals surface area contributed by atoms with Gasteiger partial charge in [0.15, 0.2) is 0 Å². The first-order valence-corrected chi connectivity index (χ1v) is 9.20. The molecule has 3 heteroatoms. The number of hydrogen-bond donors (Lipinski definition) is 0. The fraction of sp³-hybridized carbons (Fsp3) is 0.381. The van der Waals surface area contributed by atoms with Crippen molar-refractivity contribution in [2.45, 2.75) is 51.6 Å². The molecule has 0 unspecified atom stereocenters. The normalized spacial score (nSPS) is 16.0. The topological polar surface area (TPSA) is 26.3 Å². The van der Waals surface area contributed by atoms with Gasteiger partial charge < -0.3 is 4.74 Å². The predicted octanol–water partition coefficient (Wildman–Crippen LogP) is 6.14. The van der Waals surface area contributed by atoms with E-state index < -0.39 is 5.60 Å². The molecule has 2 rings (SSSR count). The first kappa shape index (κ1) is 18.7. The molecule has 0 aliphatic carbocycles. The summed E-state index contributed by atoms with van der Waals surface area (Å²) in [5, 5.41) is 0. The molecule has 2 aromatic carbocycles. The molecule has 0 bridgehead atoms. The molecule has 0 radical (unpaired) electrons. The standard InChI is InChI=1S/C21H25BrO2/c1-5-20(3,17-10-8-7-9-11-17)21(4,6-2)24-19(23)16-12-14-18(22)15-13-16/h7-15H,5-6H2,1-4H3/t20-,21-/m0/s1. The van der Waals surface area contributed by atoms with Crippen LogP contribution in [-0.4, -0.2) is 11.6 Å². The summed E-state index contributed by atoms with van der Waals surface area (Å²) in [6.07, 6.45) is 1.63. The second kappa shape index (κ2) is 7.52. The van der Waals surface area contributed by atoms with Crippen molar-refractivity contribution in [1.82, 2.24) is 0 Å². The lowest BCUT2D eigenvalue weighted by Crippen LogP contribution is -2.50. The molecule has 128 valence electrons. The van der Waals surface area contributed by atoms with Gasteiger partial charge in [-0.3, -0.25) is 0 Å². The third-order valence-electron chi connectivity index (χ3n) is 5.36. The lowest BCUT2D eigenvalue weighted by atomic mass is 9.66. The average molecular weight is 389 g/mol. The Morgan fingerprint density at radius 3 is 2.04 bits per heavy atom. The van der Waals surface area contributed by atoms with E-state index in [4.69, 9.17) is 4.74 Å². The third-order valence-corrected chi connectivity index (χ3v) is 5.89. The number of halogens is 1. The number of hydrogen-bond acceptors (Lipinski definition) is 2. The second-order valence-corrected chi connectivity index (χ2v) is 7.45. The maximum Gasteiger partial charge on any atom is 0.338 e. The Bertz CT molecular complexity index is 681. The summed E-state index contributed by atoms with van der Waals surface area (Å²) in [5.41, 5.74) is 0.922. The Morgan fingerprint density at radius 1 is 0.958 bits per heavy atom. The first-order valence-electron chi connectivity index (χ1n) is 8.40. The van der Waals surface area contributed by atoms with E-state index in [0.717, 1.165) is 17.3 Å². The highest BCUT2D eigenvalue weighted by Crippen LogP contribution is 2.43. The third kappa shape index (κ3) is 3.56. The van der Waals surface area contributed by atoms with Crippen molar-refractivity contribution in [2.24, 2.45) is 0 Å². The Kier molecular flexibility index (Phi) is 5.87. The molecular formula is C21H25BrO2. The van der Waals surface area contributed by atoms with Gasteiger partial charge in [-0.2, -0.15) is 0 Å². The smallest absolute Gasteiger partial charge is 0.338 e. The van der Waals surface area contributed by atoms with E-state index in [-0.39, 0.29) is 11.4 Å². The fourth-order valence-corrected chi connectivity index (χ4v) is 3.38. The minimum atomic E-state index is -0.590. The summed E-state index contributed by atoms with van der Waals surface area (Å²) in [6, 6.07) is 17.6. The highest BCUT2D eigenvalue weighted by Gasteiger charge is 2.46. The first-order chi connectivity index (χ1) is 11.4. The van der Waals surface area contributed by atoms with Crippen LogP contribution in [0.5, 0.6) is 0 Å². The van der Waals surface area contributed by atoms with Gasteiger partial charge in [0, 0.05) is 9.89 Å². The zero-order valence-electron chi connectivity index (χ0n) is 14.8. The lowest BCUT2D eigenvalue weighted by Gasteiger charge is -2.45. The van der Waals surface area contributed by atoms with Crippen LogP contribution in [0.1, 0.15) is 56.5 Å². The number of rotatable bonds is 6. The molecule has 0 heterocycles. The zero-order valence-corrected chi connectivity index (χ0v) is 16.4. The highest BCUT2D eigenvalue weighted by molar-refractivity contribution is 9.10. The molecule has 2 aromatic rings. The maximum atomic E-state index is 12.7. The summed E-state index contributed by atoms with van der Waals surface area (Å²) in [6.45, 7) is 8.45. The lowest BCUT2D eigenvalue weighted by molar-refractivity contribution is -0.0540. The molecule has 0 aliphatic heterocycles. The van der Waals surface area contributed by atoms with Crippen molar-refractivity contribution >= 4 is 21.9 Å². The Balaban J connectivity index is 2.35. The highest BCUT2D eigenvalue weighted by atomic mass is 79.9. The molecule has 0 N–H and O–H groups in total. The van der Waals surface area contributed by atoms with Gasteiger partial charge in [-0.1, -0.05) is 67.0 Å². The molecular weight excluding hydrogens is 364 g/mol. The van der Waals surface area contributed by atoms with Gasteiger partial charge in [0.25, 0.3) is 0 Å². The summed E-state index contributed by atoms with van der Waals surface area (Å²) in [4.78, 5) is 12.7. The van der Waals surface area contributed by atoms with Crippen LogP contribution in [0.4, 0.5) is 0 Å². The minimum Gasteiger partial charge on any atom is -0.455 e. The number of ether oxygens (including phenoxy) is 1. The molecule has 0 fully saturated rings. The molecule has 0 aromatic heterocycles. The Hall–Kier alpha value is -1.61. The number of carbonyl (C=O) groups is 1. The zero-order chi connectivity index (χ0) is 17.8. The van der Waals surface area contributed by atoms with Gasteiger partial charge >= 0.3 is 5.97 Å². The van der Waals surface area contributed by atoms with Gasteiger partial charge in [-0.25, -0.2) is 4.79 Å². The van der Waals surface area contributed by atoms with Gasteiger partial charge in [0.1, 0.15) is 5.60 Å². The van der Waals surface area contributed by atoms with E-state index in [0.29, 0.717) is 5.56 Å². The van der Waals surface area contributed by atoms with Crippen molar-refractivity contribution < 1.29 is 9.53 Å². The van der Waals surface area contributed by atoms with Crippen molar-refractivity contribution in [3.63, 3.8) is 0 Å². The number of esters is 1. The minimum absolute atomic E-state index is 0.256. The van der Waals surface area contributed by atoms with Crippen LogP contribution < -0.4 is 0 Å². The maximum absolute atomic E-state index is 12.7. The monoisotopic (exact) mass is 388 g/mol. The molecule has 0 aliphatic rings. The molecule has 2 nitrogen and oxygen atoms in total. The van der Waals surface area contributed by atoms with Crippen LogP contribution in [-0.2, 0) is 10.2 Å². The molecule has 0 saturated heterocycles. The van der Waals surface area contributed by atoms with Crippen LogP contribution in [0.3, 0.4) is 0 Å². The van der Waals surface area contributed by atoms with E-state index in [1.54, 1.807) is 12.1 Å². The Morgan fingerprint density at radius 2 is 1.54 bits per heavy atom. The summed E-state index contributed by atoms with van der Waals surface area (Å²) >= 11 is 3.39. The van der Waals surface area contributed by atoms with Gasteiger partial charge in [0.2, 0.25) is 0 Å². The van der Waals surface area contributed by atoms with Gasteiger partial charge in [-0.15, -0.1) is 0 Å². The van der Waals surface area contributed by atoms with Gasteiger partial charge in [0.05, 0.1) is 5.56 Å². The Labute approximate surface area is 153 Å². The molecule has 24 heavy (non-hydrogen) atoms. The summed E-state index contributed by atoms with van der Waals surface area (Å²) in [7, 11) is 0. The van der Waals surface area contributed by atoms with Crippen LogP contribution in [0.2, 0.25) is 0 Å².